The Labute approximate surface area is 253 Å². The summed E-state index contributed by atoms with van der Waals surface area (Å²) in [5.74, 6) is 1.23. The predicted molar refractivity (Wildman–Crippen MR) is 165 cm³/mol. The number of aryl methyl sites for hydroxylation is 2. The molecule has 224 valence electrons. The van der Waals surface area contributed by atoms with Crippen molar-refractivity contribution in [2.24, 2.45) is 5.10 Å². The molecule has 44 heavy (non-hydrogen) atoms. The second kappa shape index (κ2) is 12.9. The number of hydrazone groups is 1. The largest absolute Gasteiger partial charge is 0.486 e. The third kappa shape index (κ3) is 6.93. The fourth-order valence-corrected chi connectivity index (χ4v) is 4.36. The summed E-state index contributed by atoms with van der Waals surface area (Å²) in [6.45, 7) is 4.26. The Balaban J connectivity index is 1.20. The highest BCUT2D eigenvalue weighted by Crippen LogP contribution is 2.28. The van der Waals surface area contributed by atoms with Gasteiger partial charge in [-0.05, 0) is 74.5 Å². The summed E-state index contributed by atoms with van der Waals surface area (Å²) in [5, 5.41) is 15.0. The molecule has 1 N–H and O–H groups in total. The third-order valence-corrected chi connectivity index (χ3v) is 6.66. The van der Waals surface area contributed by atoms with Crippen LogP contribution in [0.2, 0.25) is 0 Å². The fraction of sp³-hybridized carbons (Fsp3) is 0.156. The fourth-order valence-electron chi connectivity index (χ4n) is 4.36. The molecule has 0 atom stereocenters. The summed E-state index contributed by atoms with van der Waals surface area (Å²) in [7, 11) is 3.75. The van der Waals surface area contributed by atoms with Crippen molar-refractivity contribution >= 4 is 23.5 Å². The van der Waals surface area contributed by atoms with E-state index in [0.29, 0.717) is 22.8 Å². The summed E-state index contributed by atoms with van der Waals surface area (Å²) in [6, 6.07) is 23.2. The monoisotopic (exact) mass is 594 g/mol. The molecule has 2 aromatic carbocycles. The first-order valence-corrected chi connectivity index (χ1v) is 13.6. The zero-order valence-electron chi connectivity index (χ0n) is 24.6. The molecule has 5 rings (SSSR count). The van der Waals surface area contributed by atoms with Gasteiger partial charge in [0.25, 0.3) is 5.69 Å². The molecule has 1 amide bonds. The second-order valence-electron chi connectivity index (χ2n) is 10.0. The average molecular weight is 595 g/mol. The van der Waals surface area contributed by atoms with Gasteiger partial charge in [-0.2, -0.15) is 5.10 Å². The zero-order chi connectivity index (χ0) is 31.2. The minimum Gasteiger partial charge on any atom is -0.486 e. The Morgan fingerprint density at radius 1 is 1.05 bits per heavy atom. The van der Waals surface area contributed by atoms with E-state index < -0.39 is 10.8 Å². The maximum absolute atomic E-state index is 12.7. The van der Waals surface area contributed by atoms with Crippen LogP contribution in [0.15, 0.2) is 94.6 Å². The van der Waals surface area contributed by atoms with Crippen molar-refractivity contribution in [1.29, 1.82) is 0 Å². The Morgan fingerprint density at radius 3 is 2.45 bits per heavy atom. The first-order chi connectivity index (χ1) is 21.2. The molecule has 12 heteroatoms. The Bertz CT molecular complexity index is 1790. The van der Waals surface area contributed by atoms with Gasteiger partial charge in [0.15, 0.2) is 5.76 Å². The van der Waals surface area contributed by atoms with Gasteiger partial charge in [0.1, 0.15) is 30.1 Å². The lowest BCUT2D eigenvalue weighted by atomic mass is 10.2. The van der Waals surface area contributed by atoms with Crippen LogP contribution >= 0.6 is 0 Å². The maximum atomic E-state index is 12.7. The molecule has 0 spiro atoms. The minimum absolute atomic E-state index is 0.0733. The normalized spacial score (nSPS) is 11.0. The van der Waals surface area contributed by atoms with Gasteiger partial charge in [-0.1, -0.05) is 0 Å². The molecule has 0 unspecified atom stereocenters. The quantitative estimate of drug-likeness (QED) is 0.109. The number of ether oxygens (including phenoxy) is 2. The number of aromatic nitrogens is 2. The molecule has 0 saturated carbocycles. The Morgan fingerprint density at radius 2 is 1.80 bits per heavy atom. The first kappa shape index (κ1) is 29.6. The van der Waals surface area contributed by atoms with E-state index >= 15 is 0 Å². The highest BCUT2D eigenvalue weighted by atomic mass is 16.6. The summed E-state index contributed by atoms with van der Waals surface area (Å²) in [6.07, 6.45) is 2.54. The van der Waals surface area contributed by atoms with Crippen LogP contribution in [0.5, 0.6) is 17.4 Å². The highest BCUT2D eigenvalue weighted by Gasteiger charge is 2.13. The zero-order valence-corrected chi connectivity index (χ0v) is 24.6. The molecule has 0 fully saturated rings. The van der Waals surface area contributed by atoms with E-state index in [1.54, 1.807) is 24.3 Å². The van der Waals surface area contributed by atoms with Crippen LogP contribution in [0.25, 0.3) is 5.69 Å². The summed E-state index contributed by atoms with van der Waals surface area (Å²) < 4.78 is 19.5. The highest BCUT2D eigenvalue weighted by molar-refractivity contribution is 5.93. The number of anilines is 1. The SMILES string of the molecule is Cc1ccc(C)n1-c1ccc(OCc2ccc(C(=O)N/N=C/c3ccc(N(C)C)cc3Oc3ccc([N+](=O)[O-])cn3)o2)cc1. The number of hydrogen-bond acceptors (Lipinski definition) is 9. The molecule has 0 aliphatic carbocycles. The minimum atomic E-state index is -0.543. The van der Waals surface area contributed by atoms with Crippen LogP contribution in [0.3, 0.4) is 0 Å². The number of pyridine rings is 1. The third-order valence-electron chi connectivity index (χ3n) is 6.66. The van der Waals surface area contributed by atoms with Crippen LogP contribution in [-0.2, 0) is 6.61 Å². The second-order valence-corrected chi connectivity index (χ2v) is 10.0. The van der Waals surface area contributed by atoms with Crippen LogP contribution < -0.4 is 19.8 Å². The van der Waals surface area contributed by atoms with Gasteiger partial charge in [0.05, 0.1) is 11.1 Å². The Kier molecular flexibility index (Phi) is 8.70. The van der Waals surface area contributed by atoms with E-state index in [2.05, 4.69) is 46.1 Å². The molecular formula is C32H30N6O6. The average Bonchev–Trinajstić information content (AvgIpc) is 3.63. The van der Waals surface area contributed by atoms with Gasteiger partial charge in [0, 0.05) is 60.6 Å². The van der Waals surface area contributed by atoms with Gasteiger partial charge >= 0.3 is 5.91 Å². The van der Waals surface area contributed by atoms with Crippen molar-refractivity contribution in [1.82, 2.24) is 15.0 Å². The van der Waals surface area contributed by atoms with Gasteiger partial charge in [-0.25, -0.2) is 10.4 Å². The van der Waals surface area contributed by atoms with E-state index in [0.717, 1.165) is 29.0 Å². The number of benzene rings is 2. The van der Waals surface area contributed by atoms with Gasteiger partial charge < -0.3 is 23.4 Å². The molecule has 0 radical (unpaired) electrons. The molecule has 3 heterocycles. The van der Waals surface area contributed by atoms with Crippen LogP contribution in [0.4, 0.5) is 11.4 Å². The molecule has 0 aliphatic rings. The van der Waals surface area contributed by atoms with E-state index in [9.17, 15) is 14.9 Å². The van der Waals surface area contributed by atoms with Crippen molar-refractivity contribution in [2.75, 3.05) is 19.0 Å². The van der Waals surface area contributed by atoms with Crippen LogP contribution in [-0.4, -0.2) is 40.7 Å². The number of nitrogens with one attached hydrogen (secondary N) is 1. The van der Waals surface area contributed by atoms with Gasteiger partial charge in [0.2, 0.25) is 5.88 Å². The first-order valence-electron chi connectivity index (χ1n) is 13.6. The number of nitrogens with zero attached hydrogens (tertiary/aromatic N) is 5. The van der Waals surface area contributed by atoms with Gasteiger partial charge in [-0.3, -0.25) is 14.9 Å². The van der Waals surface area contributed by atoms with E-state index in [4.69, 9.17) is 13.9 Å². The predicted octanol–water partition coefficient (Wildman–Crippen LogP) is 6.19. The van der Waals surface area contributed by atoms with Crippen molar-refractivity contribution < 1.29 is 23.6 Å². The number of rotatable bonds is 11. The summed E-state index contributed by atoms with van der Waals surface area (Å²) in [5.41, 5.74) is 7.03. The lowest BCUT2D eigenvalue weighted by Gasteiger charge is -2.15. The molecular weight excluding hydrogens is 564 g/mol. The topological polar surface area (TPSA) is 137 Å². The number of carbonyl (C=O) groups is 1. The van der Waals surface area contributed by atoms with Crippen molar-refractivity contribution in [3.63, 3.8) is 0 Å². The maximum Gasteiger partial charge on any atom is 0.307 e. The van der Waals surface area contributed by atoms with Crippen LogP contribution in [0.1, 0.15) is 33.3 Å². The lowest BCUT2D eigenvalue weighted by molar-refractivity contribution is -0.385. The van der Waals surface area contributed by atoms with Crippen molar-refractivity contribution in [2.45, 2.75) is 20.5 Å². The van der Waals surface area contributed by atoms with Crippen LogP contribution in [0, 0.1) is 24.0 Å². The molecule has 12 nitrogen and oxygen atoms in total. The summed E-state index contributed by atoms with van der Waals surface area (Å²) >= 11 is 0. The molecule has 0 bridgehead atoms. The molecule has 0 aliphatic heterocycles. The van der Waals surface area contributed by atoms with E-state index in [1.165, 1.54) is 18.3 Å². The van der Waals surface area contributed by atoms with E-state index in [-0.39, 0.29) is 23.9 Å². The number of carbonyl (C=O) groups excluding carboxylic acids is 1. The summed E-state index contributed by atoms with van der Waals surface area (Å²) in [4.78, 5) is 28.9. The van der Waals surface area contributed by atoms with Crippen molar-refractivity contribution in [3.05, 3.63) is 124 Å². The Hall–Kier alpha value is -5.91. The standard InChI is InChI=1S/C32H30N6O6/c1-21-5-6-22(2)37(21)24-9-12-27(13-10-24)42-20-28-14-15-29(43-28)32(39)35-34-18-23-7-8-25(36(3)4)17-30(23)44-31-16-11-26(19-33-31)38(40)41/h5-19H,20H2,1-4H3,(H,35,39)/b34-18+. The van der Waals surface area contributed by atoms with Crippen molar-refractivity contribution in [3.8, 4) is 23.1 Å². The lowest BCUT2D eigenvalue weighted by Crippen LogP contribution is -2.17. The molecule has 5 aromatic rings. The number of nitro groups is 1. The molecule has 3 aromatic heterocycles. The smallest absolute Gasteiger partial charge is 0.307 e. The number of hydrogen-bond donors (Lipinski definition) is 1. The van der Waals surface area contributed by atoms with Gasteiger partial charge in [-0.15, -0.1) is 0 Å². The number of furan rings is 1. The van der Waals surface area contributed by atoms with E-state index in [1.807, 2.05) is 49.3 Å². The number of amides is 1. The molecule has 0 saturated heterocycles.